The van der Waals surface area contributed by atoms with Crippen LogP contribution in [0.25, 0.3) is 6.08 Å². The second-order valence-corrected chi connectivity index (χ2v) is 6.07. The van der Waals surface area contributed by atoms with Gasteiger partial charge >= 0.3 is 5.69 Å². The van der Waals surface area contributed by atoms with Crippen molar-refractivity contribution in [1.29, 1.82) is 5.26 Å². The Kier molecular flexibility index (Phi) is 6.51. The molecule has 27 heavy (non-hydrogen) atoms. The largest absolute Gasteiger partial charge is 0.496 e. The Morgan fingerprint density at radius 3 is 2.52 bits per heavy atom. The van der Waals surface area contributed by atoms with E-state index in [1.807, 2.05) is 0 Å². The predicted octanol–water partition coefficient (Wildman–Crippen LogP) is 3.92. The van der Waals surface area contributed by atoms with Crippen molar-refractivity contribution in [2.45, 2.75) is 0 Å². The van der Waals surface area contributed by atoms with Gasteiger partial charge in [-0.25, -0.2) is 0 Å². The molecule has 2 aromatic rings. The van der Waals surface area contributed by atoms with Gasteiger partial charge in [0.2, 0.25) is 5.75 Å². The normalized spacial score (nSPS) is 10.7. The maximum atomic E-state index is 12.4. The summed E-state index contributed by atoms with van der Waals surface area (Å²) in [5.74, 6) is -0.428. The summed E-state index contributed by atoms with van der Waals surface area (Å²) < 4.78 is 10.9. The second-order valence-electron chi connectivity index (χ2n) is 5.16. The number of methoxy groups -OCH3 is 2. The van der Waals surface area contributed by atoms with Gasteiger partial charge in [0.25, 0.3) is 5.91 Å². The number of carbonyl (C=O) groups excluding carboxylic acids is 1. The van der Waals surface area contributed by atoms with Crippen molar-refractivity contribution < 1.29 is 19.2 Å². The van der Waals surface area contributed by atoms with E-state index in [9.17, 15) is 20.2 Å². The summed E-state index contributed by atoms with van der Waals surface area (Å²) in [6.45, 7) is 0. The molecule has 0 unspecified atom stereocenters. The average Bonchev–Trinajstić information content (AvgIpc) is 2.65. The maximum Gasteiger partial charge on any atom is 0.311 e. The third kappa shape index (κ3) is 4.83. The third-order valence-electron chi connectivity index (χ3n) is 3.48. The number of nitriles is 1. The van der Waals surface area contributed by atoms with Crippen LogP contribution in [0.15, 0.2) is 46.4 Å². The second kappa shape index (κ2) is 8.82. The van der Waals surface area contributed by atoms with Crippen LogP contribution in [0, 0.1) is 21.4 Å². The van der Waals surface area contributed by atoms with Crippen molar-refractivity contribution in [3.05, 3.63) is 62.1 Å². The van der Waals surface area contributed by atoms with Gasteiger partial charge in [-0.2, -0.15) is 5.26 Å². The van der Waals surface area contributed by atoms with Crippen LogP contribution in [-0.2, 0) is 4.79 Å². The van der Waals surface area contributed by atoms with Crippen molar-refractivity contribution in [2.24, 2.45) is 0 Å². The predicted molar refractivity (Wildman–Crippen MR) is 103 cm³/mol. The van der Waals surface area contributed by atoms with Crippen molar-refractivity contribution >= 4 is 39.3 Å². The van der Waals surface area contributed by atoms with Crippen LogP contribution in [0.3, 0.4) is 0 Å². The molecule has 1 N–H and O–H groups in total. The Morgan fingerprint density at radius 1 is 1.26 bits per heavy atom. The van der Waals surface area contributed by atoms with E-state index < -0.39 is 10.8 Å². The SMILES string of the molecule is COc1cc(OC)c([N+](=O)[O-])cc1/C=C(\C#N)C(=O)Nc1cccc(Br)c1. The zero-order valence-electron chi connectivity index (χ0n) is 14.4. The maximum absolute atomic E-state index is 12.4. The molecule has 0 saturated heterocycles. The molecule has 1 amide bonds. The first kappa shape index (κ1) is 19.9. The number of nitrogens with zero attached hydrogens (tertiary/aromatic N) is 2. The van der Waals surface area contributed by atoms with Crippen molar-refractivity contribution in [2.75, 3.05) is 19.5 Å². The number of hydrogen-bond donors (Lipinski definition) is 1. The fourth-order valence-electron chi connectivity index (χ4n) is 2.23. The third-order valence-corrected chi connectivity index (χ3v) is 3.97. The molecule has 0 aliphatic heterocycles. The van der Waals surface area contributed by atoms with Gasteiger partial charge in [0, 0.05) is 27.9 Å². The van der Waals surface area contributed by atoms with Crippen molar-refractivity contribution in [3.63, 3.8) is 0 Å². The van der Waals surface area contributed by atoms with Gasteiger partial charge in [-0.1, -0.05) is 22.0 Å². The first-order valence-corrected chi connectivity index (χ1v) is 8.28. The molecule has 0 aliphatic carbocycles. The van der Waals surface area contributed by atoms with Crippen LogP contribution >= 0.6 is 15.9 Å². The average molecular weight is 432 g/mol. The molecule has 0 heterocycles. The smallest absolute Gasteiger partial charge is 0.311 e. The molecular weight excluding hydrogens is 418 g/mol. The summed E-state index contributed by atoms with van der Waals surface area (Å²) in [6, 6.07) is 11.2. The highest BCUT2D eigenvalue weighted by molar-refractivity contribution is 9.10. The number of anilines is 1. The number of nitro benzene ring substituents is 1. The molecule has 0 radical (unpaired) electrons. The molecule has 138 valence electrons. The Bertz CT molecular complexity index is 966. The fraction of sp³-hybridized carbons (Fsp3) is 0.111. The minimum Gasteiger partial charge on any atom is -0.496 e. The molecule has 0 spiro atoms. The number of ether oxygens (including phenoxy) is 2. The van der Waals surface area contributed by atoms with Crippen LogP contribution < -0.4 is 14.8 Å². The van der Waals surface area contributed by atoms with Crippen LogP contribution in [0.4, 0.5) is 11.4 Å². The van der Waals surface area contributed by atoms with Gasteiger partial charge < -0.3 is 14.8 Å². The van der Waals surface area contributed by atoms with Crippen LogP contribution in [0.2, 0.25) is 0 Å². The number of halogens is 1. The summed E-state index contributed by atoms with van der Waals surface area (Å²) in [6.07, 6.45) is 1.22. The number of carbonyl (C=O) groups is 1. The number of rotatable bonds is 6. The Balaban J connectivity index is 2.44. The minimum atomic E-state index is -0.656. The quantitative estimate of drug-likeness (QED) is 0.320. The van der Waals surface area contributed by atoms with E-state index in [1.165, 1.54) is 32.4 Å². The zero-order chi connectivity index (χ0) is 20.0. The van der Waals surface area contributed by atoms with Gasteiger partial charge in [0.15, 0.2) is 0 Å². The summed E-state index contributed by atoms with van der Waals surface area (Å²) in [7, 11) is 2.66. The van der Waals surface area contributed by atoms with E-state index >= 15 is 0 Å². The summed E-state index contributed by atoms with van der Waals surface area (Å²) in [5.41, 5.74) is 0.135. The van der Waals surface area contributed by atoms with Crippen LogP contribution in [-0.4, -0.2) is 25.1 Å². The molecule has 0 atom stereocenters. The number of hydrogen-bond acceptors (Lipinski definition) is 6. The highest BCUT2D eigenvalue weighted by atomic mass is 79.9. The van der Waals surface area contributed by atoms with Crippen molar-refractivity contribution in [3.8, 4) is 17.6 Å². The summed E-state index contributed by atoms with van der Waals surface area (Å²) in [4.78, 5) is 23.0. The van der Waals surface area contributed by atoms with Gasteiger partial charge in [-0.3, -0.25) is 14.9 Å². The van der Waals surface area contributed by atoms with E-state index in [0.29, 0.717) is 5.69 Å². The Labute approximate surface area is 163 Å². The lowest BCUT2D eigenvalue weighted by Gasteiger charge is -2.09. The number of benzene rings is 2. The van der Waals surface area contributed by atoms with E-state index in [0.717, 1.165) is 4.47 Å². The minimum absolute atomic E-state index is 0.00564. The topological polar surface area (TPSA) is 114 Å². The van der Waals surface area contributed by atoms with Crippen LogP contribution in [0.1, 0.15) is 5.56 Å². The molecule has 2 aromatic carbocycles. The monoisotopic (exact) mass is 431 g/mol. The van der Waals surface area contributed by atoms with Crippen molar-refractivity contribution in [1.82, 2.24) is 0 Å². The summed E-state index contributed by atoms with van der Waals surface area (Å²) >= 11 is 3.29. The molecule has 0 aromatic heterocycles. The number of nitro groups is 1. The zero-order valence-corrected chi connectivity index (χ0v) is 15.9. The lowest BCUT2D eigenvalue weighted by atomic mass is 10.1. The lowest BCUT2D eigenvalue weighted by molar-refractivity contribution is -0.385. The van der Waals surface area contributed by atoms with E-state index in [2.05, 4.69) is 21.2 Å². The number of amides is 1. The summed E-state index contributed by atoms with van der Waals surface area (Å²) in [5, 5.41) is 23.1. The molecule has 0 fully saturated rings. The molecule has 2 rings (SSSR count). The van der Waals surface area contributed by atoms with E-state index in [1.54, 1.807) is 30.3 Å². The fourth-order valence-corrected chi connectivity index (χ4v) is 2.63. The van der Waals surface area contributed by atoms with E-state index in [-0.39, 0.29) is 28.3 Å². The molecule has 0 saturated carbocycles. The molecule has 9 heteroatoms. The Hall–Kier alpha value is -3.38. The molecular formula is C18H14BrN3O5. The molecule has 8 nitrogen and oxygen atoms in total. The molecule has 0 aliphatic rings. The highest BCUT2D eigenvalue weighted by Crippen LogP contribution is 2.35. The number of nitrogens with one attached hydrogen (secondary N) is 1. The first-order chi connectivity index (χ1) is 12.9. The lowest BCUT2D eigenvalue weighted by Crippen LogP contribution is -2.13. The standard InChI is InChI=1S/C18H14BrN3O5/c1-26-16-9-17(27-2)15(22(24)25)7-11(16)6-12(10-20)18(23)21-14-5-3-4-13(19)8-14/h3-9H,1-2H3,(H,21,23)/b12-6+. The van der Waals surface area contributed by atoms with E-state index in [4.69, 9.17) is 9.47 Å². The van der Waals surface area contributed by atoms with Gasteiger partial charge in [-0.05, 0) is 24.3 Å². The molecule has 0 bridgehead atoms. The highest BCUT2D eigenvalue weighted by Gasteiger charge is 2.20. The Morgan fingerprint density at radius 2 is 1.96 bits per heavy atom. The van der Waals surface area contributed by atoms with Crippen LogP contribution in [0.5, 0.6) is 11.5 Å². The first-order valence-electron chi connectivity index (χ1n) is 7.48. The van der Waals surface area contributed by atoms with Gasteiger partial charge in [0.1, 0.15) is 17.4 Å². The van der Waals surface area contributed by atoms with Gasteiger partial charge in [-0.15, -0.1) is 0 Å². The van der Waals surface area contributed by atoms with Gasteiger partial charge in [0.05, 0.1) is 19.1 Å².